The van der Waals surface area contributed by atoms with Crippen LogP contribution in [0.15, 0.2) is 60.7 Å². The Bertz CT molecular complexity index is 852. The molecule has 0 fully saturated rings. The molecule has 0 amide bonds. The fraction of sp³-hybridized carbons (Fsp3) is 0.481. The zero-order valence-electron chi connectivity index (χ0n) is 20.7. The Labute approximate surface area is 203 Å². The first-order valence-corrected chi connectivity index (χ1v) is 14.4. The third kappa shape index (κ3) is 8.69. The van der Waals surface area contributed by atoms with Gasteiger partial charge in [0.15, 0.2) is 8.32 Å². The van der Waals surface area contributed by atoms with Gasteiger partial charge >= 0.3 is 6.18 Å². The summed E-state index contributed by atoms with van der Waals surface area (Å²) in [4.78, 5) is 0. The number of allylic oxidation sites excluding steroid dienone is 1. The van der Waals surface area contributed by atoms with Gasteiger partial charge in [-0.15, -0.1) is 0 Å². The summed E-state index contributed by atoms with van der Waals surface area (Å²) >= 11 is 0. The van der Waals surface area contributed by atoms with E-state index in [1.165, 1.54) is 5.56 Å². The molecule has 0 aliphatic heterocycles. The molecule has 0 saturated heterocycles. The van der Waals surface area contributed by atoms with Gasteiger partial charge in [0.2, 0.25) is 0 Å². The van der Waals surface area contributed by atoms with E-state index in [1.54, 1.807) is 19.2 Å². The zero-order chi connectivity index (χ0) is 25.0. The standard InChI is InChI=1S/C27H37F3O3Si/c1-5-34(6-2,7-3)33-26(24-16-18-25(19-17-24)27(28,29)30)11-9-8-10-22-12-14-23(15-13-22)20-32-21-31-4/h8-9,12-19,26H,5-7,10-11,20-21H2,1-4H3/b9-8-. The fourth-order valence-electron chi connectivity index (χ4n) is 3.89. The molecule has 0 aromatic heterocycles. The minimum Gasteiger partial charge on any atom is -0.410 e. The molecule has 34 heavy (non-hydrogen) atoms. The van der Waals surface area contributed by atoms with Crippen molar-refractivity contribution in [1.82, 2.24) is 0 Å². The van der Waals surface area contributed by atoms with Crippen LogP contribution in [0.4, 0.5) is 13.2 Å². The molecule has 0 saturated carbocycles. The lowest BCUT2D eigenvalue weighted by Crippen LogP contribution is -2.37. The smallest absolute Gasteiger partial charge is 0.410 e. The monoisotopic (exact) mass is 494 g/mol. The Morgan fingerprint density at radius 1 is 0.853 bits per heavy atom. The first-order chi connectivity index (χ1) is 16.3. The highest BCUT2D eigenvalue weighted by atomic mass is 28.4. The third-order valence-electron chi connectivity index (χ3n) is 6.30. The summed E-state index contributed by atoms with van der Waals surface area (Å²) in [5, 5.41) is 0. The van der Waals surface area contributed by atoms with Crippen molar-refractivity contribution in [2.24, 2.45) is 0 Å². The maximum atomic E-state index is 13.0. The van der Waals surface area contributed by atoms with E-state index < -0.39 is 20.1 Å². The van der Waals surface area contributed by atoms with Crippen molar-refractivity contribution in [1.29, 1.82) is 0 Å². The largest absolute Gasteiger partial charge is 0.416 e. The topological polar surface area (TPSA) is 27.7 Å². The van der Waals surface area contributed by atoms with Gasteiger partial charge in [0.1, 0.15) is 6.79 Å². The average Bonchev–Trinajstić information content (AvgIpc) is 2.85. The van der Waals surface area contributed by atoms with E-state index in [9.17, 15) is 13.2 Å². The van der Waals surface area contributed by atoms with Crippen LogP contribution in [0.25, 0.3) is 0 Å². The number of benzene rings is 2. The normalized spacial score (nSPS) is 13.5. The van der Waals surface area contributed by atoms with Crippen molar-refractivity contribution in [2.45, 2.75) is 70.6 Å². The molecular formula is C27H37F3O3Si. The highest BCUT2D eigenvalue weighted by Crippen LogP contribution is 2.34. The number of hydrogen-bond acceptors (Lipinski definition) is 3. The van der Waals surface area contributed by atoms with Gasteiger partial charge in [-0.2, -0.15) is 13.2 Å². The number of halogens is 3. The molecule has 0 aliphatic carbocycles. The summed E-state index contributed by atoms with van der Waals surface area (Å²) in [6.07, 6.45) is 1.00. The maximum absolute atomic E-state index is 13.0. The number of alkyl halides is 3. The van der Waals surface area contributed by atoms with Crippen molar-refractivity contribution in [3.8, 4) is 0 Å². The van der Waals surface area contributed by atoms with Gasteiger partial charge in [-0.1, -0.05) is 69.3 Å². The van der Waals surface area contributed by atoms with Crippen LogP contribution in [0.2, 0.25) is 18.1 Å². The Balaban J connectivity index is 2.08. The van der Waals surface area contributed by atoms with E-state index in [2.05, 4.69) is 45.1 Å². The molecule has 2 aromatic rings. The highest BCUT2D eigenvalue weighted by Gasteiger charge is 2.33. The molecule has 7 heteroatoms. The van der Waals surface area contributed by atoms with E-state index in [4.69, 9.17) is 13.9 Å². The summed E-state index contributed by atoms with van der Waals surface area (Å²) in [6.45, 7) is 7.24. The van der Waals surface area contributed by atoms with Crippen molar-refractivity contribution < 1.29 is 27.1 Å². The number of methoxy groups -OCH3 is 1. The van der Waals surface area contributed by atoms with Crippen LogP contribution in [-0.4, -0.2) is 22.2 Å². The van der Waals surface area contributed by atoms with Crippen LogP contribution in [0, 0.1) is 0 Å². The first-order valence-electron chi connectivity index (χ1n) is 11.9. The van der Waals surface area contributed by atoms with Crippen molar-refractivity contribution in [3.63, 3.8) is 0 Å². The second-order valence-electron chi connectivity index (χ2n) is 8.45. The van der Waals surface area contributed by atoms with Gasteiger partial charge in [0.05, 0.1) is 18.3 Å². The Hall–Kier alpha value is -1.93. The molecule has 0 radical (unpaired) electrons. The molecule has 2 rings (SSSR count). The lowest BCUT2D eigenvalue weighted by Gasteiger charge is -2.33. The van der Waals surface area contributed by atoms with Crippen LogP contribution in [0.1, 0.15) is 55.5 Å². The molecule has 0 aliphatic rings. The van der Waals surface area contributed by atoms with Crippen LogP contribution < -0.4 is 0 Å². The van der Waals surface area contributed by atoms with Crippen LogP contribution in [-0.2, 0) is 33.1 Å². The molecule has 0 N–H and O–H groups in total. The number of rotatable bonds is 14. The summed E-state index contributed by atoms with van der Waals surface area (Å²) < 4.78 is 56.0. The molecule has 0 bridgehead atoms. The predicted octanol–water partition coefficient (Wildman–Crippen LogP) is 8.08. The Morgan fingerprint density at radius 3 is 1.97 bits per heavy atom. The van der Waals surface area contributed by atoms with E-state index in [0.717, 1.165) is 47.8 Å². The van der Waals surface area contributed by atoms with Gasteiger partial charge in [-0.25, -0.2) is 0 Å². The zero-order valence-corrected chi connectivity index (χ0v) is 21.7. The minimum absolute atomic E-state index is 0.245. The molecular weight excluding hydrogens is 457 g/mol. The second kappa shape index (κ2) is 13.8. The number of hydrogen-bond donors (Lipinski definition) is 0. The lowest BCUT2D eigenvalue weighted by atomic mass is 10.0. The summed E-state index contributed by atoms with van der Waals surface area (Å²) in [7, 11) is -0.340. The van der Waals surface area contributed by atoms with Crippen molar-refractivity contribution >= 4 is 8.32 Å². The second-order valence-corrected chi connectivity index (χ2v) is 13.2. The van der Waals surface area contributed by atoms with Gasteiger partial charge in [0, 0.05) is 7.11 Å². The van der Waals surface area contributed by atoms with Crippen LogP contribution in [0.3, 0.4) is 0 Å². The Kier molecular flexibility index (Phi) is 11.5. The summed E-state index contributed by atoms with van der Waals surface area (Å²) in [6, 6.07) is 16.6. The molecule has 3 nitrogen and oxygen atoms in total. The lowest BCUT2D eigenvalue weighted by molar-refractivity contribution is -0.137. The van der Waals surface area contributed by atoms with Crippen molar-refractivity contribution in [3.05, 3.63) is 82.9 Å². The molecule has 2 aromatic carbocycles. The van der Waals surface area contributed by atoms with Crippen molar-refractivity contribution in [2.75, 3.05) is 13.9 Å². The molecule has 1 atom stereocenters. The first kappa shape index (κ1) is 28.3. The molecule has 188 valence electrons. The highest BCUT2D eigenvalue weighted by molar-refractivity contribution is 6.73. The molecule has 1 unspecified atom stereocenters. The van der Waals surface area contributed by atoms with Gasteiger partial charge < -0.3 is 13.9 Å². The fourth-order valence-corrected chi connectivity index (χ4v) is 6.73. The van der Waals surface area contributed by atoms with E-state index >= 15 is 0 Å². The average molecular weight is 495 g/mol. The minimum atomic E-state index is -4.34. The SMILES string of the molecule is CC[Si](CC)(CC)OC(C/C=C\Cc1ccc(COCOC)cc1)c1ccc(C(F)(F)F)cc1. The molecule has 0 spiro atoms. The number of ether oxygens (including phenoxy) is 2. The summed E-state index contributed by atoms with van der Waals surface area (Å²) in [5.74, 6) is 0. The van der Waals surface area contributed by atoms with Crippen LogP contribution in [0.5, 0.6) is 0 Å². The van der Waals surface area contributed by atoms with E-state index in [1.807, 2.05) is 12.1 Å². The molecule has 0 heterocycles. The summed E-state index contributed by atoms with van der Waals surface area (Å²) in [5.41, 5.74) is 2.43. The van der Waals surface area contributed by atoms with Gasteiger partial charge in [-0.3, -0.25) is 0 Å². The Morgan fingerprint density at radius 2 is 1.44 bits per heavy atom. The van der Waals surface area contributed by atoms with Gasteiger partial charge in [0.25, 0.3) is 0 Å². The van der Waals surface area contributed by atoms with E-state index in [0.29, 0.717) is 13.0 Å². The van der Waals surface area contributed by atoms with Gasteiger partial charge in [-0.05, 0) is 59.8 Å². The van der Waals surface area contributed by atoms with E-state index in [-0.39, 0.29) is 12.9 Å². The third-order valence-corrected chi connectivity index (χ3v) is 10.9. The predicted molar refractivity (Wildman–Crippen MR) is 133 cm³/mol. The maximum Gasteiger partial charge on any atom is 0.416 e. The van der Waals surface area contributed by atoms with Crippen LogP contribution >= 0.6 is 0 Å². The quantitative estimate of drug-likeness (QED) is 0.115.